The van der Waals surface area contributed by atoms with Gasteiger partial charge in [-0.15, -0.1) is 0 Å². The summed E-state index contributed by atoms with van der Waals surface area (Å²) in [6.07, 6.45) is 3.82. The molecule has 3 atom stereocenters. The third-order valence-corrected chi connectivity index (χ3v) is 7.09. The van der Waals surface area contributed by atoms with Gasteiger partial charge >= 0.3 is 5.97 Å². The number of rotatable bonds is 11. The lowest BCUT2D eigenvalue weighted by molar-refractivity contribution is -0.244. The van der Waals surface area contributed by atoms with Crippen molar-refractivity contribution in [1.82, 2.24) is 0 Å². The van der Waals surface area contributed by atoms with Crippen LogP contribution in [0.2, 0.25) is 5.02 Å². The first kappa shape index (κ1) is 28.5. The topological polar surface area (TPSA) is 94.5 Å². The molecule has 1 aliphatic rings. The Hall–Kier alpha value is -3.52. The minimum Gasteiger partial charge on any atom is -0.508 e. The van der Waals surface area contributed by atoms with Crippen molar-refractivity contribution in [2.75, 3.05) is 13.7 Å². The number of carbonyl (C=O) groups is 1. The first-order valence-corrected chi connectivity index (χ1v) is 13.2. The van der Waals surface area contributed by atoms with Crippen molar-refractivity contribution in [2.45, 2.75) is 45.2 Å². The number of para-hydroxylation sites is 1. The summed E-state index contributed by atoms with van der Waals surface area (Å²) >= 11 is 6.16. The van der Waals surface area contributed by atoms with Gasteiger partial charge in [0.15, 0.2) is 6.29 Å². The number of carboxylic acids is 1. The summed E-state index contributed by atoms with van der Waals surface area (Å²) in [6, 6.07) is 18.3. The van der Waals surface area contributed by atoms with Crippen molar-refractivity contribution in [1.29, 1.82) is 0 Å². The van der Waals surface area contributed by atoms with Gasteiger partial charge < -0.3 is 29.2 Å². The van der Waals surface area contributed by atoms with Crippen LogP contribution in [0.4, 0.5) is 0 Å². The van der Waals surface area contributed by atoms with Crippen LogP contribution >= 0.6 is 11.6 Å². The van der Waals surface area contributed by atoms with Crippen molar-refractivity contribution in [3.8, 4) is 17.2 Å². The first-order valence-electron chi connectivity index (χ1n) is 12.8. The van der Waals surface area contributed by atoms with Crippen LogP contribution in [0.25, 0.3) is 0 Å². The lowest BCUT2D eigenvalue weighted by Gasteiger charge is -2.37. The van der Waals surface area contributed by atoms with E-state index in [2.05, 4.69) is 0 Å². The van der Waals surface area contributed by atoms with E-state index in [-0.39, 0.29) is 24.7 Å². The van der Waals surface area contributed by atoms with E-state index in [1.54, 1.807) is 25.3 Å². The SMILES string of the molecule is COc1ccc(C2OC[C@@H](CC=CCCC(=O)O)[C@@H](c3ccccc3O)O2)c(COc2ccc(Cl)c(C)c2)c1. The Morgan fingerprint density at radius 3 is 2.62 bits per heavy atom. The van der Waals surface area contributed by atoms with E-state index in [1.807, 2.05) is 61.5 Å². The number of hydrogen-bond donors (Lipinski definition) is 2. The molecule has 39 heavy (non-hydrogen) atoms. The highest BCUT2D eigenvalue weighted by atomic mass is 35.5. The highest BCUT2D eigenvalue weighted by Crippen LogP contribution is 2.43. The van der Waals surface area contributed by atoms with Crippen molar-refractivity contribution in [3.63, 3.8) is 0 Å². The molecule has 0 amide bonds. The highest BCUT2D eigenvalue weighted by Gasteiger charge is 2.35. The Balaban J connectivity index is 1.56. The predicted octanol–water partition coefficient (Wildman–Crippen LogP) is 7.16. The Kier molecular flexibility index (Phi) is 9.87. The summed E-state index contributed by atoms with van der Waals surface area (Å²) in [5.41, 5.74) is 3.25. The summed E-state index contributed by atoms with van der Waals surface area (Å²) in [6.45, 7) is 2.57. The molecule has 3 aromatic rings. The number of phenolic OH excluding ortho intramolecular Hbond substituents is 1. The fourth-order valence-corrected chi connectivity index (χ4v) is 4.64. The molecule has 8 heteroatoms. The molecule has 4 rings (SSSR count). The molecule has 1 saturated heterocycles. The first-order chi connectivity index (χ1) is 18.9. The smallest absolute Gasteiger partial charge is 0.303 e. The Morgan fingerprint density at radius 1 is 1.08 bits per heavy atom. The van der Waals surface area contributed by atoms with Gasteiger partial charge in [0, 0.05) is 34.1 Å². The summed E-state index contributed by atoms with van der Waals surface area (Å²) in [4.78, 5) is 10.8. The quantitative estimate of drug-likeness (QED) is 0.244. The fraction of sp³-hybridized carbons (Fsp3) is 0.323. The van der Waals surface area contributed by atoms with Gasteiger partial charge in [-0.3, -0.25) is 4.79 Å². The summed E-state index contributed by atoms with van der Waals surface area (Å²) in [7, 11) is 1.61. The maximum Gasteiger partial charge on any atom is 0.303 e. The van der Waals surface area contributed by atoms with Gasteiger partial charge in [0.25, 0.3) is 0 Å². The van der Waals surface area contributed by atoms with Crippen molar-refractivity contribution >= 4 is 17.6 Å². The van der Waals surface area contributed by atoms with Crippen LogP contribution in [0, 0.1) is 12.8 Å². The molecule has 0 aromatic heterocycles. The number of allylic oxidation sites excluding steroid dienone is 2. The highest BCUT2D eigenvalue weighted by molar-refractivity contribution is 6.31. The number of aromatic hydroxyl groups is 1. The fourth-order valence-electron chi connectivity index (χ4n) is 4.52. The standard InChI is InChI=1S/C31H33ClO7/c1-20-16-24(13-15-27(20)32)37-19-22-17-23(36-2)12-14-25(22)31-38-18-21(8-4-3-5-11-29(34)35)30(39-31)26-9-6-7-10-28(26)33/h3-4,6-7,9-10,12-17,21,30-31,33H,5,8,11,18-19H2,1-2H3,(H,34,35)/t21-,30+,31?/m1/s1. The van der Waals surface area contributed by atoms with Gasteiger partial charge in [-0.25, -0.2) is 0 Å². The van der Waals surface area contributed by atoms with E-state index in [0.29, 0.717) is 41.5 Å². The second-order valence-corrected chi connectivity index (χ2v) is 9.85. The molecule has 0 bridgehead atoms. The molecule has 0 aliphatic carbocycles. The average molecular weight is 553 g/mol. The third-order valence-electron chi connectivity index (χ3n) is 6.66. The van der Waals surface area contributed by atoms with Crippen LogP contribution in [-0.2, 0) is 20.9 Å². The van der Waals surface area contributed by atoms with Gasteiger partial charge in [-0.2, -0.15) is 0 Å². The van der Waals surface area contributed by atoms with E-state index in [1.165, 1.54) is 0 Å². The minimum absolute atomic E-state index is 0.0781. The van der Waals surface area contributed by atoms with Crippen molar-refractivity contribution in [3.05, 3.63) is 100 Å². The molecule has 1 fully saturated rings. The van der Waals surface area contributed by atoms with Crippen LogP contribution in [0.5, 0.6) is 17.2 Å². The molecule has 0 radical (unpaired) electrons. The maximum absolute atomic E-state index is 10.8. The number of benzene rings is 3. The molecule has 1 aliphatic heterocycles. The van der Waals surface area contributed by atoms with Gasteiger partial charge in [0.2, 0.25) is 0 Å². The second kappa shape index (κ2) is 13.5. The molecular weight excluding hydrogens is 520 g/mol. The molecule has 1 heterocycles. The summed E-state index contributed by atoms with van der Waals surface area (Å²) in [5.74, 6) is 0.620. The zero-order valence-electron chi connectivity index (χ0n) is 22.0. The van der Waals surface area contributed by atoms with E-state index < -0.39 is 18.4 Å². The molecule has 3 aromatic carbocycles. The zero-order valence-corrected chi connectivity index (χ0v) is 22.8. The Labute approximate surface area is 233 Å². The molecule has 1 unspecified atom stereocenters. The number of aryl methyl sites for hydroxylation is 1. The largest absolute Gasteiger partial charge is 0.508 e. The van der Waals surface area contributed by atoms with Crippen molar-refractivity contribution in [2.24, 2.45) is 5.92 Å². The van der Waals surface area contributed by atoms with Gasteiger partial charge in [-0.1, -0.05) is 42.0 Å². The number of carboxylic acid groups (broad SMARTS) is 1. The van der Waals surface area contributed by atoms with Gasteiger partial charge in [-0.05, 0) is 67.8 Å². The molecule has 0 saturated carbocycles. The third kappa shape index (κ3) is 7.53. The number of methoxy groups -OCH3 is 1. The summed E-state index contributed by atoms with van der Waals surface area (Å²) in [5, 5.41) is 20.2. The Morgan fingerprint density at radius 2 is 1.87 bits per heavy atom. The van der Waals surface area contributed by atoms with Crippen LogP contribution in [-0.4, -0.2) is 29.9 Å². The number of aliphatic carboxylic acids is 1. The average Bonchev–Trinajstić information content (AvgIpc) is 2.93. The van der Waals surface area contributed by atoms with Crippen LogP contribution in [0.3, 0.4) is 0 Å². The van der Waals surface area contributed by atoms with E-state index >= 15 is 0 Å². The van der Waals surface area contributed by atoms with Crippen LogP contribution in [0.15, 0.2) is 72.8 Å². The molecule has 2 N–H and O–H groups in total. The molecule has 206 valence electrons. The minimum atomic E-state index is -0.829. The van der Waals surface area contributed by atoms with Gasteiger partial charge in [0.05, 0.1) is 19.8 Å². The maximum atomic E-state index is 10.8. The lowest BCUT2D eigenvalue weighted by Crippen LogP contribution is -2.31. The molecule has 0 spiro atoms. The summed E-state index contributed by atoms with van der Waals surface area (Å²) < 4.78 is 24.3. The van der Waals surface area contributed by atoms with E-state index in [9.17, 15) is 9.90 Å². The van der Waals surface area contributed by atoms with E-state index in [4.69, 9.17) is 35.7 Å². The Bertz CT molecular complexity index is 1310. The lowest BCUT2D eigenvalue weighted by atomic mass is 9.91. The van der Waals surface area contributed by atoms with Crippen LogP contribution < -0.4 is 9.47 Å². The number of halogens is 1. The number of phenols is 1. The monoisotopic (exact) mass is 552 g/mol. The zero-order chi connectivity index (χ0) is 27.8. The van der Waals surface area contributed by atoms with Crippen molar-refractivity contribution < 1.29 is 34.0 Å². The van der Waals surface area contributed by atoms with E-state index in [0.717, 1.165) is 16.7 Å². The molecule has 7 nitrogen and oxygen atoms in total. The predicted molar refractivity (Wildman–Crippen MR) is 148 cm³/mol. The second-order valence-electron chi connectivity index (χ2n) is 9.44. The molecular formula is C31H33ClO7. The normalized spacial score (nSPS) is 19.2. The number of hydrogen-bond acceptors (Lipinski definition) is 6. The van der Waals surface area contributed by atoms with Crippen LogP contribution in [0.1, 0.15) is 53.9 Å². The van der Waals surface area contributed by atoms with Gasteiger partial charge in [0.1, 0.15) is 23.9 Å². The number of ether oxygens (including phenoxy) is 4.